The van der Waals surface area contributed by atoms with Crippen molar-refractivity contribution < 1.29 is 14.6 Å². The molecule has 2 aliphatic rings. The van der Waals surface area contributed by atoms with E-state index in [9.17, 15) is 9.90 Å². The third kappa shape index (κ3) is 3.09. The minimum atomic E-state index is -0.505. The Morgan fingerprint density at radius 1 is 1.16 bits per heavy atom. The minimum absolute atomic E-state index is 0.0250. The average molecular weight is 270 g/mol. The molecule has 0 atom stereocenters. The standard InChI is InChI=1S/C14H26N2O3/c15-10-13(4-2-1-3-5-13)12(18)16-14(11-17)6-8-19-9-7-14/h17H,1-11,15H2,(H,16,18). The molecule has 5 nitrogen and oxygen atoms in total. The van der Waals surface area contributed by atoms with Gasteiger partial charge in [0.05, 0.1) is 17.6 Å². The van der Waals surface area contributed by atoms with Gasteiger partial charge in [-0.25, -0.2) is 0 Å². The van der Waals surface area contributed by atoms with Crippen LogP contribution in [0, 0.1) is 5.41 Å². The Hall–Kier alpha value is -0.650. The fourth-order valence-electron chi connectivity index (χ4n) is 3.21. The van der Waals surface area contributed by atoms with Crippen LogP contribution in [-0.2, 0) is 9.53 Å². The van der Waals surface area contributed by atoms with E-state index in [0.29, 0.717) is 32.6 Å². The highest BCUT2D eigenvalue weighted by Gasteiger charge is 2.42. The molecule has 0 bridgehead atoms. The number of aliphatic hydroxyl groups is 1. The van der Waals surface area contributed by atoms with Crippen molar-refractivity contribution in [3.63, 3.8) is 0 Å². The molecule has 0 spiro atoms. The molecule has 110 valence electrons. The van der Waals surface area contributed by atoms with Crippen molar-refractivity contribution in [2.45, 2.75) is 50.5 Å². The van der Waals surface area contributed by atoms with Crippen LogP contribution in [-0.4, -0.2) is 42.9 Å². The first-order valence-corrected chi connectivity index (χ1v) is 7.38. The Labute approximate surface area is 114 Å². The average Bonchev–Trinajstić information content (AvgIpc) is 2.48. The lowest BCUT2D eigenvalue weighted by molar-refractivity contribution is -0.136. The maximum Gasteiger partial charge on any atom is 0.228 e. The highest BCUT2D eigenvalue weighted by molar-refractivity contribution is 5.83. The first kappa shape index (κ1) is 14.8. The smallest absolute Gasteiger partial charge is 0.228 e. The number of hydrogen-bond acceptors (Lipinski definition) is 4. The summed E-state index contributed by atoms with van der Waals surface area (Å²) in [7, 11) is 0. The van der Waals surface area contributed by atoms with Gasteiger partial charge in [-0.3, -0.25) is 4.79 Å². The van der Waals surface area contributed by atoms with Gasteiger partial charge in [0.1, 0.15) is 0 Å². The fraction of sp³-hybridized carbons (Fsp3) is 0.929. The number of nitrogens with one attached hydrogen (secondary N) is 1. The molecule has 0 aromatic carbocycles. The SMILES string of the molecule is NCC1(C(=O)NC2(CO)CCOCC2)CCCCC1. The van der Waals surface area contributed by atoms with Crippen molar-refractivity contribution >= 4 is 5.91 Å². The van der Waals surface area contributed by atoms with Crippen LogP contribution in [0.15, 0.2) is 0 Å². The molecule has 0 unspecified atom stereocenters. The van der Waals surface area contributed by atoms with Crippen LogP contribution < -0.4 is 11.1 Å². The lowest BCUT2D eigenvalue weighted by atomic mass is 9.72. The summed E-state index contributed by atoms with van der Waals surface area (Å²) in [5.74, 6) is 0.0330. The summed E-state index contributed by atoms with van der Waals surface area (Å²) < 4.78 is 5.32. The molecule has 1 saturated heterocycles. The molecule has 0 aromatic rings. The zero-order valence-electron chi connectivity index (χ0n) is 11.6. The zero-order chi connectivity index (χ0) is 13.8. The molecule has 4 N–H and O–H groups in total. The number of aliphatic hydroxyl groups excluding tert-OH is 1. The van der Waals surface area contributed by atoms with E-state index in [4.69, 9.17) is 10.5 Å². The molecule has 1 saturated carbocycles. The third-order valence-electron chi connectivity index (χ3n) is 4.81. The van der Waals surface area contributed by atoms with Crippen molar-refractivity contribution in [3.05, 3.63) is 0 Å². The van der Waals surface area contributed by atoms with Crippen LogP contribution in [0.25, 0.3) is 0 Å². The van der Waals surface area contributed by atoms with E-state index < -0.39 is 11.0 Å². The number of hydrogen-bond donors (Lipinski definition) is 3. The molecule has 1 aliphatic carbocycles. The molecule has 2 rings (SSSR count). The van der Waals surface area contributed by atoms with Crippen molar-refractivity contribution in [2.75, 3.05) is 26.4 Å². The van der Waals surface area contributed by atoms with Crippen molar-refractivity contribution in [1.82, 2.24) is 5.32 Å². The van der Waals surface area contributed by atoms with Gasteiger partial charge in [-0.15, -0.1) is 0 Å². The summed E-state index contributed by atoms with van der Waals surface area (Å²) in [6.07, 6.45) is 6.42. The number of rotatable bonds is 4. The van der Waals surface area contributed by atoms with E-state index in [1.807, 2.05) is 0 Å². The quantitative estimate of drug-likeness (QED) is 0.696. The van der Waals surface area contributed by atoms with Gasteiger partial charge in [0, 0.05) is 19.8 Å². The Morgan fingerprint density at radius 3 is 2.32 bits per heavy atom. The number of carbonyl (C=O) groups is 1. The van der Waals surface area contributed by atoms with E-state index >= 15 is 0 Å². The summed E-state index contributed by atoms with van der Waals surface area (Å²) >= 11 is 0. The number of ether oxygens (including phenoxy) is 1. The predicted octanol–water partition coefficient (Wildman–Crippen LogP) is 0.553. The second-order valence-corrected chi connectivity index (χ2v) is 6.05. The minimum Gasteiger partial charge on any atom is -0.394 e. The van der Waals surface area contributed by atoms with Gasteiger partial charge >= 0.3 is 0 Å². The molecule has 5 heteroatoms. The monoisotopic (exact) mass is 270 g/mol. The van der Waals surface area contributed by atoms with Gasteiger partial charge in [0.2, 0.25) is 5.91 Å². The third-order valence-corrected chi connectivity index (χ3v) is 4.81. The lowest BCUT2D eigenvalue weighted by Crippen LogP contribution is -2.59. The number of amides is 1. The van der Waals surface area contributed by atoms with Crippen LogP contribution in [0.1, 0.15) is 44.9 Å². The van der Waals surface area contributed by atoms with Gasteiger partial charge in [-0.2, -0.15) is 0 Å². The van der Waals surface area contributed by atoms with Crippen LogP contribution in [0.4, 0.5) is 0 Å². The van der Waals surface area contributed by atoms with Crippen LogP contribution in [0.2, 0.25) is 0 Å². The lowest BCUT2D eigenvalue weighted by Gasteiger charge is -2.41. The Bertz CT molecular complexity index is 308. The molecule has 0 radical (unpaired) electrons. The summed E-state index contributed by atoms with van der Waals surface area (Å²) in [5.41, 5.74) is 4.96. The Kier molecular flexibility index (Phi) is 4.81. The van der Waals surface area contributed by atoms with Crippen molar-refractivity contribution in [2.24, 2.45) is 11.1 Å². The highest BCUT2D eigenvalue weighted by Crippen LogP contribution is 2.36. The summed E-state index contributed by atoms with van der Waals surface area (Å²) in [6, 6.07) is 0. The molecular formula is C14H26N2O3. The zero-order valence-corrected chi connectivity index (χ0v) is 11.6. The molecular weight excluding hydrogens is 244 g/mol. The first-order valence-electron chi connectivity index (χ1n) is 7.38. The van der Waals surface area contributed by atoms with E-state index in [0.717, 1.165) is 25.7 Å². The summed E-state index contributed by atoms with van der Waals surface area (Å²) in [4.78, 5) is 12.6. The van der Waals surface area contributed by atoms with E-state index in [2.05, 4.69) is 5.32 Å². The predicted molar refractivity (Wildman–Crippen MR) is 72.6 cm³/mol. The fourth-order valence-corrected chi connectivity index (χ4v) is 3.21. The summed E-state index contributed by atoms with van der Waals surface area (Å²) in [5, 5.41) is 12.7. The Balaban J connectivity index is 2.05. The van der Waals surface area contributed by atoms with Crippen molar-refractivity contribution in [1.29, 1.82) is 0 Å². The van der Waals surface area contributed by atoms with E-state index in [1.54, 1.807) is 0 Å². The van der Waals surface area contributed by atoms with Gasteiger partial charge in [0.15, 0.2) is 0 Å². The largest absolute Gasteiger partial charge is 0.394 e. The van der Waals surface area contributed by atoms with Gasteiger partial charge < -0.3 is 20.9 Å². The van der Waals surface area contributed by atoms with Gasteiger partial charge in [-0.1, -0.05) is 19.3 Å². The molecule has 1 heterocycles. The van der Waals surface area contributed by atoms with Gasteiger partial charge in [0.25, 0.3) is 0 Å². The molecule has 0 aromatic heterocycles. The molecule has 2 fully saturated rings. The highest BCUT2D eigenvalue weighted by atomic mass is 16.5. The van der Waals surface area contributed by atoms with E-state index in [1.165, 1.54) is 6.42 Å². The second kappa shape index (κ2) is 6.20. The topological polar surface area (TPSA) is 84.6 Å². The van der Waals surface area contributed by atoms with Crippen LogP contribution in [0.5, 0.6) is 0 Å². The van der Waals surface area contributed by atoms with Crippen molar-refractivity contribution in [3.8, 4) is 0 Å². The molecule has 1 amide bonds. The maximum atomic E-state index is 12.6. The maximum absolute atomic E-state index is 12.6. The number of carbonyl (C=O) groups excluding carboxylic acids is 1. The second-order valence-electron chi connectivity index (χ2n) is 6.05. The van der Waals surface area contributed by atoms with Crippen LogP contribution >= 0.6 is 0 Å². The Morgan fingerprint density at radius 2 is 1.79 bits per heavy atom. The molecule has 19 heavy (non-hydrogen) atoms. The van der Waals surface area contributed by atoms with Gasteiger partial charge in [-0.05, 0) is 25.7 Å². The normalized spacial score (nSPS) is 25.8. The number of nitrogens with two attached hydrogens (primary N) is 1. The first-order chi connectivity index (χ1) is 9.16. The van der Waals surface area contributed by atoms with E-state index in [-0.39, 0.29) is 12.5 Å². The van der Waals surface area contributed by atoms with Crippen LogP contribution in [0.3, 0.4) is 0 Å². The molecule has 1 aliphatic heterocycles. The summed E-state index contributed by atoms with van der Waals surface area (Å²) in [6.45, 7) is 1.56.